The second kappa shape index (κ2) is 4.61. The molecule has 4 heteroatoms. The monoisotopic (exact) mass is 225 g/mol. The molecule has 1 aromatic carbocycles. The lowest BCUT2D eigenvalue weighted by Crippen LogP contribution is -2.46. The maximum Gasteiger partial charge on any atom is 0.323 e. The van der Waals surface area contributed by atoms with Gasteiger partial charge in [-0.05, 0) is 30.5 Å². The van der Waals surface area contributed by atoms with Gasteiger partial charge in [0, 0.05) is 6.42 Å². The normalized spacial score (nSPS) is 14.5. The number of rotatable bonds is 4. The summed E-state index contributed by atoms with van der Waals surface area (Å²) in [5, 5.41) is 8.89. The highest BCUT2D eigenvalue weighted by Gasteiger charge is 2.28. The lowest BCUT2D eigenvalue weighted by atomic mass is 9.92. The SMILES string of the molecule is Cc1cc(C[C@](C)(N)C(=O)O)ccc1CF. The molecule has 0 unspecified atom stereocenters. The van der Waals surface area contributed by atoms with Crippen LogP contribution in [0.1, 0.15) is 23.6 Å². The molecule has 0 fully saturated rings. The van der Waals surface area contributed by atoms with Gasteiger partial charge in [0.25, 0.3) is 0 Å². The predicted octanol–water partition coefficient (Wildman–Crippen LogP) is 1.81. The number of halogens is 1. The van der Waals surface area contributed by atoms with E-state index in [0.717, 1.165) is 11.1 Å². The third-order valence-corrected chi connectivity index (χ3v) is 2.61. The third kappa shape index (κ3) is 2.79. The van der Waals surface area contributed by atoms with Crippen molar-refractivity contribution in [1.82, 2.24) is 0 Å². The second-order valence-electron chi connectivity index (χ2n) is 4.29. The first-order valence-electron chi connectivity index (χ1n) is 5.03. The van der Waals surface area contributed by atoms with Crippen molar-refractivity contribution in [2.75, 3.05) is 0 Å². The van der Waals surface area contributed by atoms with E-state index in [1.165, 1.54) is 6.92 Å². The van der Waals surface area contributed by atoms with E-state index < -0.39 is 18.2 Å². The van der Waals surface area contributed by atoms with E-state index in [2.05, 4.69) is 0 Å². The van der Waals surface area contributed by atoms with Gasteiger partial charge in [-0.2, -0.15) is 0 Å². The van der Waals surface area contributed by atoms with E-state index in [1.54, 1.807) is 25.1 Å². The first-order valence-corrected chi connectivity index (χ1v) is 5.03. The number of hydrogen-bond acceptors (Lipinski definition) is 2. The second-order valence-corrected chi connectivity index (χ2v) is 4.29. The molecule has 3 N–H and O–H groups in total. The average molecular weight is 225 g/mol. The first kappa shape index (κ1) is 12.6. The third-order valence-electron chi connectivity index (χ3n) is 2.61. The fraction of sp³-hybridized carbons (Fsp3) is 0.417. The first-order chi connectivity index (χ1) is 7.36. The van der Waals surface area contributed by atoms with Crippen LogP contribution in [-0.4, -0.2) is 16.6 Å². The standard InChI is InChI=1S/C12H16FNO2/c1-8-5-9(3-4-10(8)7-13)6-12(2,14)11(15)16/h3-5H,6-7,14H2,1-2H3,(H,15,16)/t12-/m0/s1. The Balaban J connectivity index is 2.91. The molecule has 0 spiro atoms. The van der Waals surface area contributed by atoms with E-state index in [0.29, 0.717) is 5.56 Å². The largest absolute Gasteiger partial charge is 0.480 e. The molecule has 0 aliphatic heterocycles. The van der Waals surface area contributed by atoms with Crippen LogP contribution >= 0.6 is 0 Å². The van der Waals surface area contributed by atoms with Gasteiger partial charge in [-0.1, -0.05) is 18.2 Å². The summed E-state index contributed by atoms with van der Waals surface area (Å²) in [6.07, 6.45) is 0.232. The molecule has 1 rings (SSSR count). The van der Waals surface area contributed by atoms with E-state index in [4.69, 9.17) is 10.8 Å². The molecule has 0 amide bonds. The number of aliphatic carboxylic acids is 1. The van der Waals surface area contributed by atoms with Crippen molar-refractivity contribution in [3.05, 3.63) is 34.9 Å². The highest BCUT2D eigenvalue weighted by atomic mass is 19.1. The average Bonchev–Trinajstić information content (AvgIpc) is 2.17. The van der Waals surface area contributed by atoms with Crippen molar-refractivity contribution < 1.29 is 14.3 Å². The van der Waals surface area contributed by atoms with Crippen LogP contribution < -0.4 is 5.73 Å². The maximum absolute atomic E-state index is 12.5. The lowest BCUT2D eigenvalue weighted by molar-refractivity contribution is -0.142. The van der Waals surface area contributed by atoms with Gasteiger partial charge in [-0.3, -0.25) is 4.79 Å². The zero-order valence-electron chi connectivity index (χ0n) is 9.46. The number of carbonyl (C=O) groups is 1. The number of benzene rings is 1. The molecule has 1 atom stereocenters. The molecule has 16 heavy (non-hydrogen) atoms. The van der Waals surface area contributed by atoms with Crippen LogP contribution in [0.2, 0.25) is 0 Å². The van der Waals surface area contributed by atoms with Gasteiger partial charge in [0.05, 0.1) is 0 Å². The Morgan fingerprint density at radius 3 is 2.62 bits per heavy atom. The van der Waals surface area contributed by atoms with Crippen molar-refractivity contribution in [2.24, 2.45) is 5.73 Å². The van der Waals surface area contributed by atoms with Crippen LogP contribution in [0.15, 0.2) is 18.2 Å². The molecule has 3 nitrogen and oxygen atoms in total. The number of hydrogen-bond donors (Lipinski definition) is 2. The molecule has 0 heterocycles. The summed E-state index contributed by atoms with van der Waals surface area (Å²) in [4.78, 5) is 10.8. The molecule has 0 radical (unpaired) electrons. The number of alkyl halides is 1. The van der Waals surface area contributed by atoms with E-state index in [9.17, 15) is 9.18 Å². The summed E-state index contributed by atoms with van der Waals surface area (Å²) in [5.41, 5.74) is 6.60. The van der Waals surface area contributed by atoms with E-state index >= 15 is 0 Å². The van der Waals surface area contributed by atoms with Gasteiger partial charge in [0.1, 0.15) is 12.2 Å². The smallest absolute Gasteiger partial charge is 0.323 e. The summed E-state index contributed by atoms with van der Waals surface area (Å²) in [7, 11) is 0. The highest BCUT2D eigenvalue weighted by molar-refractivity contribution is 5.78. The molecule has 0 saturated carbocycles. The lowest BCUT2D eigenvalue weighted by Gasteiger charge is -2.19. The molecule has 0 aliphatic rings. The molecule has 88 valence electrons. The zero-order chi connectivity index (χ0) is 12.3. The van der Waals surface area contributed by atoms with Crippen molar-refractivity contribution in [1.29, 1.82) is 0 Å². The maximum atomic E-state index is 12.5. The Bertz CT molecular complexity index is 402. The summed E-state index contributed by atoms with van der Waals surface area (Å²) in [6, 6.07) is 5.17. The Morgan fingerprint density at radius 2 is 2.19 bits per heavy atom. The molecule has 0 aliphatic carbocycles. The van der Waals surface area contributed by atoms with Crippen LogP contribution in [0.4, 0.5) is 4.39 Å². The van der Waals surface area contributed by atoms with Crippen molar-refractivity contribution in [3.8, 4) is 0 Å². The molecule has 0 saturated heterocycles. The zero-order valence-corrected chi connectivity index (χ0v) is 9.46. The van der Waals surface area contributed by atoms with Crippen molar-refractivity contribution >= 4 is 5.97 Å². The number of carboxylic acid groups (broad SMARTS) is 1. The number of aryl methyl sites for hydroxylation is 1. The Kier molecular flexibility index (Phi) is 3.65. The van der Waals surface area contributed by atoms with Gasteiger partial charge >= 0.3 is 5.97 Å². The van der Waals surface area contributed by atoms with Crippen LogP contribution in [0.25, 0.3) is 0 Å². The van der Waals surface area contributed by atoms with Gasteiger partial charge in [0.15, 0.2) is 0 Å². The number of nitrogens with two attached hydrogens (primary N) is 1. The van der Waals surface area contributed by atoms with Gasteiger partial charge < -0.3 is 10.8 Å². The Hall–Kier alpha value is -1.42. The Labute approximate surface area is 94.1 Å². The van der Waals surface area contributed by atoms with Gasteiger partial charge in [-0.25, -0.2) is 4.39 Å². The molecular weight excluding hydrogens is 209 g/mol. The topological polar surface area (TPSA) is 63.3 Å². The minimum Gasteiger partial charge on any atom is -0.480 e. The van der Waals surface area contributed by atoms with Gasteiger partial charge in [-0.15, -0.1) is 0 Å². The molecule has 1 aromatic rings. The van der Waals surface area contributed by atoms with E-state index in [1.807, 2.05) is 0 Å². The summed E-state index contributed by atoms with van der Waals surface area (Å²) >= 11 is 0. The minimum atomic E-state index is -1.29. The van der Waals surface area contributed by atoms with Crippen LogP contribution in [-0.2, 0) is 17.9 Å². The fourth-order valence-corrected chi connectivity index (χ4v) is 1.52. The van der Waals surface area contributed by atoms with E-state index in [-0.39, 0.29) is 6.42 Å². The molecule has 0 aromatic heterocycles. The van der Waals surface area contributed by atoms with Crippen LogP contribution in [0.5, 0.6) is 0 Å². The van der Waals surface area contributed by atoms with Crippen LogP contribution in [0, 0.1) is 6.92 Å². The summed E-state index contributed by atoms with van der Waals surface area (Å²) in [6.45, 7) is 2.76. The molecular formula is C12H16FNO2. The van der Waals surface area contributed by atoms with Crippen molar-refractivity contribution in [2.45, 2.75) is 32.5 Å². The number of carboxylic acids is 1. The fourth-order valence-electron chi connectivity index (χ4n) is 1.52. The summed E-state index contributed by atoms with van der Waals surface area (Å²) in [5.74, 6) is -1.04. The summed E-state index contributed by atoms with van der Waals surface area (Å²) < 4.78 is 12.5. The highest BCUT2D eigenvalue weighted by Crippen LogP contribution is 2.16. The predicted molar refractivity (Wildman–Crippen MR) is 59.9 cm³/mol. The quantitative estimate of drug-likeness (QED) is 0.821. The Morgan fingerprint density at radius 1 is 1.56 bits per heavy atom. The van der Waals surface area contributed by atoms with Gasteiger partial charge in [0.2, 0.25) is 0 Å². The molecule has 0 bridgehead atoms. The van der Waals surface area contributed by atoms with Crippen LogP contribution in [0.3, 0.4) is 0 Å². The minimum absolute atomic E-state index is 0.232. The van der Waals surface area contributed by atoms with Crippen molar-refractivity contribution in [3.63, 3.8) is 0 Å².